The summed E-state index contributed by atoms with van der Waals surface area (Å²) in [5, 5.41) is 2.86. The summed E-state index contributed by atoms with van der Waals surface area (Å²) in [4.78, 5) is 0. The lowest BCUT2D eigenvalue weighted by Gasteiger charge is -2.31. The lowest BCUT2D eigenvalue weighted by molar-refractivity contribution is -0.685. The fourth-order valence-corrected chi connectivity index (χ4v) is 5.24. The largest absolute Gasteiger partial charge is 0.220 e. The van der Waals surface area contributed by atoms with Crippen LogP contribution < -0.4 is 4.57 Å². The number of aromatic nitrogens is 1. The Morgan fingerprint density at radius 3 is 2.54 bits per heavy atom. The molecule has 4 rings (SSSR count). The second kappa shape index (κ2) is 7.70. The lowest BCUT2D eigenvalue weighted by atomic mass is 9.71. The topological polar surface area (TPSA) is 3.88 Å². The highest BCUT2D eigenvalue weighted by molar-refractivity contribution is 5.95. The first-order valence-corrected chi connectivity index (χ1v) is 11.2. The maximum atomic E-state index is 2.52. The summed E-state index contributed by atoms with van der Waals surface area (Å²) in [5.74, 6) is 0. The maximum absolute atomic E-state index is 2.52. The van der Waals surface area contributed by atoms with Crippen LogP contribution in [0.25, 0.3) is 22.0 Å². The molecule has 0 atom stereocenters. The zero-order chi connectivity index (χ0) is 19.7. The number of rotatable bonds is 5. The Hall–Kier alpha value is -2.15. The van der Waals surface area contributed by atoms with Gasteiger partial charge in [-0.25, -0.2) is 0 Å². The molecular weight excluding hydrogens is 338 g/mol. The van der Waals surface area contributed by atoms with E-state index in [0.717, 1.165) is 6.54 Å². The highest BCUT2D eigenvalue weighted by Gasteiger charge is 2.37. The van der Waals surface area contributed by atoms with Gasteiger partial charge in [0.2, 0.25) is 5.69 Å². The number of unbranched alkanes of at least 4 members (excludes halogenated alkanes) is 1. The quantitative estimate of drug-likeness (QED) is 0.429. The molecule has 0 spiro atoms. The second-order valence-corrected chi connectivity index (χ2v) is 8.63. The summed E-state index contributed by atoms with van der Waals surface area (Å²) in [6.07, 6.45) is 9.64. The van der Waals surface area contributed by atoms with E-state index in [-0.39, 0.29) is 5.41 Å². The van der Waals surface area contributed by atoms with E-state index in [2.05, 4.69) is 80.9 Å². The molecule has 0 fully saturated rings. The fourth-order valence-electron chi connectivity index (χ4n) is 5.24. The van der Waals surface area contributed by atoms with Crippen LogP contribution in [-0.4, -0.2) is 0 Å². The van der Waals surface area contributed by atoms with Gasteiger partial charge in [-0.1, -0.05) is 57.0 Å². The van der Waals surface area contributed by atoms with E-state index in [0.29, 0.717) is 0 Å². The van der Waals surface area contributed by atoms with Gasteiger partial charge >= 0.3 is 0 Å². The highest BCUT2D eigenvalue weighted by atomic mass is 15.0. The molecule has 3 aromatic rings. The highest BCUT2D eigenvalue weighted by Crippen LogP contribution is 2.44. The fraction of sp³-hybridized carbons (Fsp3) is 0.444. The van der Waals surface area contributed by atoms with Gasteiger partial charge in [0.1, 0.15) is 6.54 Å². The van der Waals surface area contributed by atoms with Crippen LogP contribution >= 0.6 is 0 Å². The van der Waals surface area contributed by atoms with Crippen molar-refractivity contribution >= 4 is 10.8 Å². The Morgan fingerprint density at radius 2 is 1.79 bits per heavy atom. The van der Waals surface area contributed by atoms with E-state index in [1.807, 2.05) is 0 Å². The van der Waals surface area contributed by atoms with Crippen molar-refractivity contribution < 1.29 is 4.57 Å². The van der Waals surface area contributed by atoms with Gasteiger partial charge in [0, 0.05) is 17.9 Å². The third-order valence-corrected chi connectivity index (χ3v) is 7.15. The zero-order valence-electron chi connectivity index (χ0n) is 18.0. The normalized spacial score (nSPS) is 15.1. The first kappa shape index (κ1) is 19.2. The van der Waals surface area contributed by atoms with Crippen LogP contribution in [0, 0.1) is 6.92 Å². The number of benzene rings is 2. The van der Waals surface area contributed by atoms with Crippen LogP contribution in [0.3, 0.4) is 0 Å². The SMILES string of the molecule is CCCCc1cccc2c3[n+](ccc12)CCC(CC)(CC)c1cc(C)ccc1-3. The molecule has 0 amide bonds. The van der Waals surface area contributed by atoms with E-state index in [1.165, 1.54) is 71.7 Å². The Bertz CT molecular complexity index is 995. The molecule has 0 radical (unpaired) electrons. The van der Waals surface area contributed by atoms with Crippen LogP contribution in [0.1, 0.15) is 69.6 Å². The van der Waals surface area contributed by atoms with Crippen molar-refractivity contribution in [3.8, 4) is 11.3 Å². The Balaban J connectivity index is 2.02. The minimum atomic E-state index is 0.277. The summed E-state index contributed by atoms with van der Waals surface area (Å²) >= 11 is 0. The van der Waals surface area contributed by atoms with Gasteiger partial charge in [0.15, 0.2) is 6.20 Å². The molecule has 0 unspecified atom stereocenters. The van der Waals surface area contributed by atoms with Crippen molar-refractivity contribution in [1.29, 1.82) is 0 Å². The van der Waals surface area contributed by atoms with Crippen LogP contribution in [-0.2, 0) is 18.4 Å². The summed E-state index contributed by atoms with van der Waals surface area (Å²) in [6, 6.07) is 16.4. The average Bonchev–Trinajstić information content (AvgIpc) is 2.86. The second-order valence-electron chi connectivity index (χ2n) is 8.63. The number of hydrogen-bond acceptors (Lipinski definition) is 0. The van der Waals surface area contributed by atoms with E-state index in [4.69, 9.17) is 0 Å². The number of aryl methyl sites for hydroxylation is 3. The molecule has 28 heavy (non-hydrogen) atoms. The molecule has 1 aliphatic rings. The van der Waals surface area contributed by atoms with E-state index >= 15 is 0 Å². The van der Waals surface area contributed by atoms with Crippen molar-refractivity contribution in [3.05, 3.63) is 65.4 Å². The van der Waals surface area contributed by atoms with Crippen molar-refractivity contribution in [2.75, 3.05) is 0 Å². The molecule has 0 saturated heterocycles. The van der Waals surface area contributed by atoms with Crippen molar-refractivity contribution in [2.45, 2.75) is 78.2 Å². The summed E-state index contributed by atoms with van der Waals surface area (Å²) in [6.45, 7) is 10.4. The van der Waals surface area contributed by atoms with Gasteiger partial charge in [0.25, 0.3) is 0 Å². The summed E-state index contributed by atoms with van der Waals surface area (Å²) < 4.78 is 2.52. The molecule has 1 heteroatoms. The van der Waals surface area contributed by atoms with Crippen LogP contribution in [0.15, 0.2) is 48.7 Å². The molecule has 2 aromatic carbocycles. The van der Waals surface area contributed by atoms with Crippen molar-refractivity contribution in [1.82, 2.24) is 0 Å². The van der Waals surface area contributed by atoms with Gasteiger partial charge in [-0.2, -0.15) is 4.57 Å². The monoisotopic (exact) mass is 372 g/mol. The van der Waals surface area contributed by atoms with Crippen molar-refractivity contribution in [3.63, 3.8) is 0 Å². The minimum Gasteiger partial charge on any atom is -0.198 e. The molecule has 1 nitrogen and oxygen atoms in total. The van der Waals surface area contributed by atoms with Gasteiger partial charge in [-0.15, -0.1) is 0 Å². The van der Waals surface area contributed by atoms with Crippen LogP contribution in [0.5, 0.6) is 0 Å². The Kier molecular flexibility index (Phi) is 5.27. The summed E-state index contributed by atoms with van der Waals surface area (Å²) in [5.41, 5.74) is 7.59. The van der Waals surface area contributed by atoms with E-state index in [9.17, 15) is 0 Å². The molecule has 0 saturated carbocycles. The lowest BCUT2D eigenvalue weighted by Crippen LogP contribution is -2.37. The number of nitrogens with zero attached hydrogens (tertiary/aromatic N) is 1. The van der Waals surface area contributed by atoms with Gasteiger partial charge in [-0.3, -0.25) is 0 Å². The molecule has 0 bridgehead atoms. The first-order valence-electron chi connectivity index (χ1n) is 11.2. The average molecular weight is 373 g/mol. The van der Waals surface area contributed by atoms with E-state index < -0.39 is 0 Å². The van der Waals surface area contributed by atoms with Gasteiger partial charge in [0.05, 0.1) is 10.9 Å². The van der Waals surface area contributed by atoms with Gasteiger partial charge in [-0.05, 0) is 61.3 Å². The standard InChI is InChI=1S/C27H34N/c1-5-8-10-21-11-9-12-23-22(21)15-17-28-18-16-27(6-2,7-3)25-19-20(4)13-14-24(25)26(23)28/h9,11-15,17,19H,5-8,10,16,18H2,1-4H3/q+1. The third-order valence-electron chi connectivity index (χ3n) is 7.15. The van der Waals surface area contributed by atoms with E-state index in [1.54, 1.807) is 5.56 Å². The van der Waals surface area contributed by atoms with Gasteiger partial charge < -0.3 is 0 Å². The number of hydrogen-bond donors (Lipinski definition) is 0. The first-order chi connectivity index (χ1) is 13.6. The van der Waals surface area contributed by atoms with Crippen molar-refractivity contribution in [2.24, 2.45) is 0 Å². The Labute approximate surface area is 170 Å². The predicted octanol–water partition coefficient (Wildman–Crippen LogP) is 6.91. The molecule has 0 aliphatic carbocycles. The van der Waals surface area contributed by atoms with Crippen LogP contribution in [0.4, 0.5) is 0 Å². The zero-order valence-corrected chi connectivity index (χ0v) is 18.0. The maximum Gasteiger partial charge on any atom is 0.220 e. The smallest absolute Gasteiger partial charge is 0.198 e. The number of fused-ring (bicyclic) bond motifs is 5. The minimum absolute atomic E-state index is 0.277. The molecule has 1 aromatic heterocycles. The molecule has 146 valence electrons. The molecule has 0 N–H and O–H groups in total. The number of pyridine rings is 1. The predicted molar refractivity (Wildman–Crippen MR) is 120 cm³/mol. The summed E-state index contributed by atoms with van der Waals surface area (Å²) in [7, 11) is 0. The third kappa shape index (κ3) is 3.05. The molecule has 1 aliphatic heterocycles. The molecule has 2 heterocycles. The van der Waals surface area contributed by atoms with Crippen LogP contribution in [0.2, 0.25) is 0 Å². The molecular formula is C27H34N+. The Morgan fingerprint density at radius 1 is 0.964 bits per heavy atom.